The third kappa shape index (κ3) is 5.47. The zero-order chi connectivity index (χ0) is 32.7. The molecule has 0 spiro atoms. The number of hydrogen-bond donors (Lipinski definition) is 2. The van der Waals surface area contributed by atoms with Gasteiger partial charge < -0.3 is 0 Å². The maximum atomic E-state index is 13.3. The molecule has 2 N–H and O–H groups in total. The number of carbonyl (C=O) groups is 2. The Bertz CT molecular complexity index is 1760. The first-order valence-electron chi connectivity index (χ1n) is 16.0. The Hall–Kier alpha value is -3.17. The Balaban J connectivity index is 1.63. The predicted molar refractivity (Wildman–Crippen MR) is 191 cm³/mol. The van der Waals surface area contributed by atoms with Gasteiger partial charge in [-0.05, 0) is 0 Å². The molecule has 0 heterocycles. The fourth-order valence-corrected chi connectivity index (χ4v) is 29.2. The summed E-state index contributed by atoms with van der Waals surface area (Å²) in [7, 11) is 17.0. The molecule has 8 heteroatoms. The average Bonchev–Trinajstić information content (AvgIpc) is 3.61. The van der Waals surface area contributed by atoms with Crippen molar-refractivity contribution in [3.63, 3.8) is 0 Å². The van der Waals surface area contributed by atoms with Gasteiger partial charge in [0.1, 0.15) is 0 Å². The van der Waals surface area contributed by atoms with Crippen molar-refractivity contribution in [2.45, 2.75) is 47.8 Å². The number of amides is 2. The van der Waals surface area contributed by atoms with E-state index in [4.69, 9.17) is 17.0 Å². The normalized spacial score (nSPS) is 17.6. The van der Waals surface area contributed by atoms with E-state index in [1.165, 1.54) is 0 Å². The van der Waals surface area contributed by atoms with E-state index in [9.17, 15) is 9.59 Å². The summed E-state index contributed by atoms with van der Waals surface area (Å²) in [4.78, 5) is 26.5. The van der Waals surface area contributed by atoms with Crippen LogP contribution < -0.4 is 10.5 Å². The van der Waals surface area contributed by atoms with E-state index in [0.29, 0.717) is 0 Å². The van der Waals surface area contributed by atoms with Crippen LogP contribution in [0.25, 0.3) is 34.4 Å². The second-order valence-electron chi connectivity index (χ2n) is 12.5. The monoisotopic (exact) mass is 725 g/mol. The molecule has 4 aromatic carbocycles. The molecular weight excluding hydrogens is 689 g/mol. The van der Waals surface area contributed by atoms with Crippen LogP contribution >= 0.6 is 17.0 Å². The number of allylic oxidation sites excluding steroid dienone is 2. The molecule has 233 valence electrons. The molecule has 46 heavy (non-hydrogen) atoms. The van der Waals surface area contributed by atoms with Gasteiger partial charge in [-0.25, -0.2) is 0 Å². The number of fused-ring (bicyclic) bond motifs is 2. The van der Waals surface area contributed by atoms with E-state index in [1.807, 2.05) is 36.4 Å². The van der Waals surface area contributed by atoms with Crippen molar-refractivity contribution >= 4 is 45.5 Å². The molecule has 0 aliphatic heterocycles. The van der Waals surface area contributed by atoms with Gasteiger partial charge in [-0.3, -0.25) is 0 Å². The van der Waals surface area contributed by atoms with Crippen LogP contribution in [-0.4, -0.2) is 16.3 Å². The first kappa shape index (κ1) is 32.8. The quantitative estimate of drug-likeness (QED) is 0.169. The van der Waals surface area contributed by atoms with E-state index in [-0.39, 0.29) is 31.9 Å². The molecule has 0 bridgehead atoms. The minimum absolute atomic E-state index is 0.209. The van der Waals surface area contributed by atoms with Gasteiger partial charge in [-0.15, -0.1) is 0 Å². The number of carbonyl (C=O) groups excluding carboxylic acids is 2. The topological polar surface area (TPSA) is 58.2 Å². The van der Waals surface area contributed by atoms with Crippen LogP contribution in [0.3, 0.4) is 0 Å². The number of benzene rings is 4. The van der Waals surface area contributed by atoms with Crippen LogP contribution in [0.2, 0.25) is 0 Å². The Labute approximate surface area is 280 Å². The van der Waals surface area contributed by atoms with Gasteiger partial charge in [0.05, 0.1) is 0 Å². The molecule has 4 aromatic rings. The zero-order valence-corrected chi connectivity index (χ0v) is 30.6. The molecule has 0 saturated carbocycles. The van der Waals surface area contributed by atoms with Gasteiger partial charge in [0.25, 0.3) is 0 Å². The molecule has 2 unspecified atom stereocenters. The van der Waals surface area contributed by atoms with Crippen molar-refractivity contribution in [1.29, 1.82) is 0 Å². The van der Waals surface area contributed by atoms with Gasteiger partial charge >= 0.3 is 282 Å². The first-order chi connectivity index (χ1) is 22.1. The molecule has 0 saturated heterocycles. The second-order valence-corrected chi connectivity index (χ2v) is 33.9. The van der Waals surface area contributed by atoms with Gasteiger partial charge in [-0.1, -0.05) is 0 Å². The fourth-order valence-electron chi connectivity index (χ4n) is 7.65. The molecule has 0 radical (unpaired) electrons. The Morgan fingerprint density at radius 3 is 1.39 bits per heavy atom. The van der Waals surface area contributed by atoms with Crippen LogP contribution in [-0.2, 0) is 25.8 Å². The third-order valence-electron chi connectivity index (χ3n) is 9.63. The van der Waals surface area contributed by atoms with Crippen LogP contribution in [0.1, 0.15) is 70.0 Å². The Kier molecular flexibility index (Phi) is 9.11. The standard InChI is InChI=1S/2C16H13.C6H11BN2O2.2ClH.Zr/c2*1-12-10-14-8-5-9-15(16(14)11-12)13-6-3-2-4-7-13;1-3-5(10)8-7-9-6(11)4-2;;;/h2*2-11H,1H3;3-4H2,1-2H3,(H-,8,9,10,11);2*1H;/q;;;;;+1/p-1. The van der Waals surface area contributed by atoms with Gasteiger partial charge in [0, 0.05) is 0 Å². The number of rotatable bonds is 9. The number of halogens is 2. The minimum atomic E-state index is -5.77. The van der Waals surface area contributed by atoms with Crippen LogP contribution in [0.5, 0.6) is 0 Å². The van der Waals surface area contributed by atoms with E-state index in [0.717, 1.165) is 55.7 Å². The third-order valence-corrected chi connectivity index (χ3v) is 30.0. The van der Waals surface area contributed by atoms with Crippen molar-refractivity contribution in [2.75, 3.05) is 0 Å². The molecule has 2 aliphatic carbocycles. The van der Waals surface area contributed by atoms with Crippen molar-refractivity contribution in [1.82, 2.24) is 10.5 Å². The molecule has 0 aromatic heterocycles. The number of nitrogens with one attached hydrogen (secondary N) is 2. The van der Waals surface area contributed by atoms with Crippen LogP contribution in [0.15, 0.2) is 108 Å². The Morgan fingerprint density at radius 1 is 0.630 bits per heavy atom. The molecule has 4 nitrogen and oxygen atoms in total. The van der Waals surface area contributed by atoms with E-state index in [1.54, 1.807) is 13.8 Å². The molecular formula is C38H38BCl2N2O2Zr. The summed E-state index contributed by atoms with van der Waals surface area (Å²) < 4.78 is -1.70. The maximum absolute atomic E-state index is 13.3. The SMILES string of the molecule is CCC(=O)N[B](NC(=O)CC)[Zr]([Cl])([Cl])([CH]1C(C)=Cc2c(-c3ccccc3)cccc21)[CH]1C(C)=Cc2c(-c3ccccc3)cccc21. The molecule has 2 atom stereocenters. The van der Waals surface area contributed by atoms with Gasteiger partial charge in [0.15, 0.2) is 0 Å². The summed E-state index contributed by atoms with van der Waals surface area (Å²) in [5, 5.41) is 6.33. The second kappa shape index (κ2) is 12.8. The van der Waals surface area contributed by atoms with E-state index < -0.39 is 20.7 Å². The molecule has 2 aliphatic rings. The van der Waals surface area contributed by atoms with E-state index >= 15 is 0 Å². The summed E-state index contributed by atoms with van der Waals surface area (Å²) in [5.74, 6) is -0.419. The van der Waals surface area contributed by atoms with E-state index in [2.05, 4.69) is 97.1 Å². The summed E-state index contributed by atoms with van der Waals surface area (Å²) in [6.07, 6.45) is 4.88. The van der Waals surface area contributed by atoms with Crippen molar-refractivity contribution in [2.24, 2.45) is 0 Å². The zero-order valence-electron chi connectivity index (χ0n) is 26.6. The van der Waals surface area contributed by atoms with Gasteiger partial charge in [0.2, 0.25) is 0 Å². The summed E-state index contributed by atoms with van der Waals surface area (Å²) in [5.41, 5.74) is 10.7. The predicted octanol–water partition coefficient (Wildman–Crippen LogP) is 9.67. The molecule has 0 fully saturated rings. The van der Waals surface area contributed by atoms with Crippen LogP contribution in [0.4, 0.5) is 0 Å². The summed E-state index contributed by atoms with van der Waals surface area (Å²) >= 11 is -5.77. The molecule has 6 rings (SSSR count). The Morgan fingerprint density at radius 2 is 1.02 bits per heavy atom. The summed E-state index contributed by atoms with van der Waals surface area (Å²) in [6, 6.07) is 33.2. The van der Waals surface area contributed by atoms with Crippen molar-refractivity contribution in [3.8, 4) is 22.3 Å². The summed E-state index contributed by atoms with van der Waals surface area (Å²) in [6.45, 7) is 7.77. The van der Waals surface area contributed by atoms with Crippen LogP contribution in [0, 0.1) is 0 Å². The first-order valence-corrected chi connectivity index (χ1v) is 26.6. The van der Waals surface area contributed by atoms with Crippen molar-refractivity contribution in [3.05, 3.63) is 130 Å². The average molecular weight is 728 g/mol. The molecule has 2 amide bonds. The number of hydrogen-bond acceptors (Lipinski definition) is 2. The van der Waals surface area contributed by atoms with Gasteiger partial charge in [-0.2, -0.15) is 0 Å². The fraction of sp³-hybridized carbons (Fsp3) is 0.211. The van der Waals surface area contributed by atoms with Crippen molar-refractivity contribution < 1.29 is 25.8 Å².